The van der Waals surface area contributed by atoms with Gasteiger partial charge in [-0.3, -0.25) is 4.79 Å². The van der Waals surface area contributed by atoms with Gasteiger partial charge in [0.25, 0.3) is 5.91 Å². The summed E-state index contributed by atoms with van der Waals surface area (Å²) >= 11 is 0. The van der Waals surface area contributed by atoms with Crippen LogP contribution in [0.2, 0.25) is 0 Å². The number of carbonyl (C=O) groups excluding carboxylic acids is 1. The third-order valence-electron chi connectivity index (χ3n) is 2.10. The zero-order chi connectivity index (χ0) is 12.0. The summed E-state index contributed by atoms with van der Waals surface area (Å²) in [6, 6.07) is 5.38. The van der Waals surface area contributed by atoms with E-state index in [4.69, 9.17) is 15.2 Å². The van der Waals surface area contributed by atoms with Crippen LogP contribution in [0.4, 0.5) is 0 Å². The molecule has 0 aliphatic carbocycles. The van der Waals surface area contributed by atoms with Crippen LogP contribution in [0.3, 0.4) is 0 Å². The lowest BCUT2D eigenvalue weighted by Crippen LogP contribution is -2.25. The predicted octanol–water partition coefficient (Wildman–Crippen LogP) is 0.279. The molecule has 88 valence electrons. The maximum absolute atomic E-state index is 11.0. The fourth-order valence-electron chi connectivity index (χ4n) is 1.18. The van der Waals surface area contributed by atoms with Crippen LogP contribution in [0.1, 0.15) is 5.56 Å². The molecular formula is C11H16N2O3. The van der Waals surface area contributed by atoms with E-state index in [-0.39, 0.29) is 12.5 Å². The average molecular weight is 224 g/mol. The Balaban J connectivity index is 2.78. The number of benzene rings is 1. The highest BCUT2D eigenvalue weighted by Crippen LogP contribution is 2.27. The molecular weight excluding hydrogens is 208 g/mol. The highest BCUT2D eigenvalue weighted by molar-refractivity contribution is 5.77. The van der Waals surface area contributed by atoms with Crippen LogP contribution in [0.5, 0.6) is 11.5 Å². The minimum atomic E-state index is -0.194. The Kier molecular flexibility index (Phi) is 4.60. The van der Waals surface area contributed by atoms with Gasteiger partial charge < -0.3 is 20.5 Å². The number of rotatable bonds is 5. The first-order valence-corrected chi connectivity index (χ1v) is 4.91. The number of carbonyl (C=O) groups is 1. The number of nitrogens with one attached hydrogen (secondary N) is 1. The van der Waals surface area contributed by atoms with Crippen molar-refractivity contribution in [2.75, 3.05) is 20.8 Å². The second-order valence-corrected chi connectivity index (χ2v) is 3.15. The largest absolute Gasteiger partial charge is 0.493 e. The third kappa shape index (κ3) is 3.13. The minimum absolute atomic E-state index is 0.0408. The van der Waals surface area contributed by atoms with E-state index in [1.54, 1.807) is 26.3 Å². The van der Waals surface area contributed by atoms with E-state index < -0.39 is 0 Å². The van der Waals surface area contributed by atoms with Crippen LogP contribution >= 0.6 is 0 Å². The molecule has 0 bridgehead atoms. The number of ether oxygens (including phenoxy) is 2. The quantitative estimate of drug-likeness (QED) is 0.753. The first-order valence-electron chi connectivity index (χ1n) is 4.91. The molecule has 16 heavy (non-hydrogen) atoms. The molecule has 5 heteroatoms. The number of nitrogens with two attached hydrogens (primary N) is 1. The number of amides is 1. The van der Waals surface area contributed by atoms with Crippen molar-refractivity contribution >= 4 is 5.91 Å². The molecule has 0 heterocycles. The fraction of sp³-hybridized carbons (Fsp3) is 0.364. The molecule has 1 aromatic rings. The maximum Gasteiger partial charge on any atom is 0.257 e. The second kappa shape index (κ2) is 5.97. The van der Waals surface area contributed by atoms with Crippen molar-refractivity contribution in [3.05, 3.63) is 23.8 Å². The Labute approximate surface area is 94.5 Å². The SMILES string of the molecule is CNC(=O)COc1cc(CN)ccc1OC. The molecule has 0 saturated carbocycles. The summed E-state index contributed by atoms with van der Waals surface area (Å²) < 4.78 is 10.4. The monoisotopic (exact) mass is 224 g/mol. The van der Waals surface area contributed by atoms with Gasteiger partial charge in [-0.15, -0.1) is 0 Å². The summed E-state index contributed by atoms with van der Waals surface area (Å²) in [6.07, 6.45) is 0. The Morgan fingerprint density at radius 2 is 2.19 bits per heavy atom. The third-order valence-corrected chi connectivity index (χ3v) is 2.10. The Hall–Kier alpha value is -1.75. The van der Waals surface area contributed by atoms with E-state index in [1.165, 1.54) is 0 Å². The molecule has 0 atom stereocenters. The molecule has 3 N–H and O–H groups in total. The highest BCUT2D eigenvalue weighted by atomic mass is 16.5. The van der Waals surface area contributed by atoms with Gasteiger partial charge in [0.15, 0.2) is 18.1 Å². The van der Waals surface area contributed by atoms with Crippen molar-refractivity contribution < 1.29 is 14.3 Å². The van der Waals surface area contributed by atoms with Gasteiger partial charge >= 0.3 is 0 Å². The average Bonchev–Trinajstić information content (AvgIpc) is 2.35. The maximum atomic E-state index is 11.0. The summed E-state index contributed by atoms with van der Waals surface area (Å²) in [5.74, 6) is 0.912. The van der Waals surface area contributed by atoms with Crippen LogP contribution in [-0.4, -0.2) is 26.7 Å². The molecule has 1 rings (SSSR count). The molecule has 0 unspecified atom stereocenters. The Morgan fingerprint density at radius 3 is 2.75 bits per heavy atom. The Bertz CT molecular complexity index is 366. The predicted molar refractivity (Wildman–Crippen MR) is 60.4 cm³/mol. The molecule has 0 spiro atoms. The van der Waals surface area contributed by atoms with Crippen LogP contribution in [0.15, 0.2) is 18.2 Å². The standard InChI is InChI=1S/C11H16N2O3/c1-13-11(14)7-16-10-5-8(6-12)3-4-9(10)15-2/h3-5H,6-7,12H2,1-2H3,(H,13,14). The van der Waals surface area contributed by atoms with Gasteiger partial charge in [0.2, 0.25) is 0 Å². The first kappa shape index (κ1) is 12.3. The van der Waals surface area contributed by atoms with Crippen LogP contribution in [-0.2, 0) is 11.3 Å². The van der Waals surface area contributed by atoms with Gasteiger partial charge in [-0.1, -0.05) is 6.07 Å². The lowest BCUT2D eigenvalue weighted by Gasteiger charge is -2.11. The molecule has 5 nitrogen and oxygen atoms in total. The normalized spacial score (nSPS) is 9.69. The van der Waals surface area contributed by atoms with Gasteiger partial charge in [0.05, 0.1) is 7.11 Å². The van der Waals surface area contributed by atoms with Crippen molar-refractivity contribution in [3.63, 3.8) is 0 Å². The van der Waals surface area contributed by atoms with Gasteiger partial charge in [-0.05, 0) is 17.7 Å². The lowest BCUT2D eigenvalue weighted by atomic mass is 10.2. The van der Waals surface area contributed by atoms with E-state index >= 15 is 0 Å². The molecule has 0 fully saturated rings. The summed E-state index contributed by atoms with van der Waals surface area (Å²) in [5, 5.41) is 2.47. The summed E-state index contributed by atoms with van der Waals surface area (Å²) in [7, 11) is 3.10. The molecule has 0 saturated heterocycles. The van der Waals surface area contributed by atoms with E-state index in [2.05, 4.69) is 5.32 Å². The van der Waals surface area contributed by atoms with Gasteiger partial charge in [0.1, 0.15) is 0 Å². The Morgan fingerprint density at radius 1 is 1.44 bits per heavy atom. The summed E-state index contributed by atoms with van der Waals surface area (Å²) in [5.41, 5.74) is 6.44. The fourth-order valence-corrected chi connectivity index (χ4v) is 1.18. The molecule has 1 amide bonds. The number of methoxy groups -OCH3 is 1. The van der Waals surface area contributed by atoms with Crippen LogP contribution in [0.25, 0.3) is 0 Å². The molecule has 0 aromatic heterocycles. The molecule has 0 aliphatic rings. The zero-order valence-electron chi connectivity index (χ0n) is 9.45. The number of hydrogen-bond donors (Lipinski definition) is 2. The number of hydrogen-bond acceptors (Lipinski definition) is 4. The van der Waals surface area contributed by atoms with Crippen molar-refractivity contribution in [2.45, 2.75) is 6.54 Å². The summed E-state index contributed by atoms with van der Waals surface area (Å²) in [4.78, 5) is 11.0. The summed E-state index contributed by atoms with van der Waals surface area (Å²) in [6.45, 7) is 0.376. The van der Waals surface area contributed by atoms with Crippen LogP contribution < -0.4 is 20.5 Å². The first-order chi connectivity index (χ1) is 7.71. The van der Waals surface area contributed by atoms with Crippen LogP contribution in [0, 0.1) is 0 Å². The van der Waals surface area contributed by atoms with E-state index in [0.29, 0.717) is 18.0 Å². The van der Waals surface area contributed by atoms with E-state index in [0.717, 1.165) is 5.56 Å². The van der Waals surface area contributed by atoms with Gasteiger partial charge in [-0.2, -0.15) is 0 Å². The minimum Gasteiger partial charge on any atom is -0.493 e. The number of likely N-dealkylation sites (N-methyl/N-ethyl adjacent to an activating group) is 1. The highest BCUT2D eigenvalue weighted by Gasteiger charge is 2.07. The van der Waals surface area contributed by atoms with E-state index in [1.807, 2.05) is 6.07 Å². The zero-order valence-corrected chi connectivity index (χ0v) is 9.45. The van der Waals surface area contributed by atoms with Crippen molar-refractivity contribution in [2.24, 2.45) is 5.73 Å². The molecule has 1 aromatic carbocycles. The van der Waals surface area contributed by atoms with Gasteiger partial charge in [0, 0.05) is 13.6 Å². The second-order valence-electron chi connectivity index (χ2n) is 3.15. The molecule has 0 radical (unpaired) electrons. The van der Waals surface area contributed by atoms with Gasteiger partial charge in [-0.25, -0.2) is 0 Å². The van der Waals surface area contributed by atoms with Crippen molar-refractivity contribution in [3.8, 4) is 11.5 Å². The smallest absolute Gasteiger partial charge is 0.257 e. The van der Waals surface area contributed by atoms with E-state index in [9.17, 15) is 4.79 Å². The lowest BCUT2D eigenvalue weighted by molar-refractivity contribution is -0.122. The topological polar surface area (TPSA) is 73.6 Å². The molecule has 0 aliphatic heterocycles. The van der Waals surface area contributed by atoms with Crippen molar-refractivity contribution in [1.82, 2.24) is 5.32 Å². The van der Waals surface area contributed by atoms with Crippen molar-refractivity contribution in [1.29, 1.82) is 0 Å².